The molecule has 2 heteroatoms. The van der Waals surface area contributed by atoms with Crippen LogP contribution < -0.4 is 0 Å². The van der Waals surface area contributed by atoms with Gasteiger partial charge in [-0.05, 0) is 32.3 Å². The number of thioether (sulfide) groups is 1. The third-order valence-corrected chi connectivity index (χ3v) is 1.64. The molecule has 0 saturated carbocycles. The predicted molar refractivity (Wildman–Crippen MR) is 44.1 cm³/mol. The van der Waals surface area contributed by atoms with Crippen molar-refractivity contribution in [3.8, 4) is 0 Å². The lowest BCUT2D eigenvalue weighted by atomic mass is 10.4. The quantitative estimate of drug-likeness (QED) is 0.553. The fourth-order valence-corrected chi connectivity index (χ4v) is 0.929. The molecule has 0 aromatic carbocycles. The Morgan fingerprint density at radius 1 is 1.44 bits per heavy atom. The summed E-state index contributed by atoms with van der Waals surface area (Å²) in [6, 6.07) is 0. The van der Waals surface area contributed by atoms with Crippen molar-refractivity contribution in [1.29, 1.82) is 0 Å². The molecule has 0 radical (unpaired) electrons. The standard InChI is InChI=1S/C7H16OS/c1-7(2)8-5-4-6-9-3/h7H,4-6H2,1-3H3. The maximum Gasteiger partial charge on any atom is 0.0518 e. The van der Waals surface area contributed by atoms with Crippen LogP contribution in [0.2, 0.25) is 0 Å². The molecule has 0 rings (SSSR count). The van der Waals surface area contributed by atoms with E-state index in [0.717, 1.165) is 6.61 Å². The first-order valence-electron chi connectivity index (χ1n) is 3.38. The predicted octanol–water partition coefficient (Wildman–Crippen LogP) is 2.16. The van der Waals surface area contributed by atoms with Crippen molar-refractivity contribution < 1.29 is 4.74 Å². The molecule has 0 fully saturated rings. The summed E-state index contributed by atoms with van der Waals surface area (Å²) in [4.78, 5) is 0. The summed E-state index contributed by atoms with van der Waals surface area (Å²) in [7, 11) is 0. The Morgan fingerprint density at radius 3 is 2.56 bits per heavy atom. The summed E-state index contributed by atoms with van der Waals surface area (Å²) in [5.74, 6) is 1.22. The SMILES string of the molecule is CSCCCOC(C)C. The summed E-state index contributed by atoms with van der Waals surface area (Å²) in [5, 5.41) is 0. The highest BCUT2D eigenvalue weighted by Crippen LogP contribution is 1.97. The second-order valence-corrected chi connectivity index (χ2v) is 3.25. The van der Waals surface area contributed by atoms with Crippen molar-refractivity contribution in [1.82, 2.24) is 0 Å². The van der Waals surface area contributed by atoms with Crippen LogP contribution >= 0.6 is 11.8 Å². The van der Waals surface area contributed by atoms with Crippen LogP contribution in [0.25, 0.3) is 0 Å². The minimum Gasteiger partial charge on any atom is -0.379 e. The van der Waals surface area contributed by atoms with Gasteiger partial charge in [-0.15, -0.1) is 0 Å². The molecular weight excluding hydrogens is 132 g/mol. The second-order valence-electron chi connectivity index (χ2n) is 2.27. The molecule has 0 amide bonds. The van der Waals surface area contributed by atoms with Crippen molar-refractivity contribution in [2.24, 2.45) is 0 Å². The molecule has 0 aliphatic heterocycles. The molecule has 0 unspecified atom stereocenters. The van der Waals surface area contributed by atoms with Crippen LogP contribution in [0.3, 0.4) is 0 Å². The van der Waals surface area contributed by atoms with Crippen LogP contribution in [0.15, 0.2) is 0 Å². The van der Waals surface area contributed by atoms with E-state index in [0.29, 0.717) is 6.10 Å². The molecule has 0 aromatic heterocycles. The fourth-order valence-electron chi connectivity index (χ4n) is 0.522. The van der Waals surface area contributed by atoms with Crippen molar-refractivity contribution >= 4 is 11.8 Å². The zero-order valence-electron chi connectivity index (χ0n) is 6.52. The van der Waals surface area contributed by atoms with E-state index in [2.05, 4.69) is 20.1 Å². The van der Waals surface area contributed by atoms with Crippen LogP contribution in [0.4, 0.5) is 0 Å². The highest BCUT2D eigenvalue weighted by Gasteiger charge is 1.90. The zero-order valence-corrected chi connectivity index (χ0v) is 7.33. The van der Waals surface area contributed by atoms with Gasteiger partial charge in [-0.25, -0.2) is 0 Å². The third kappa shape index (κ3) is 8.31. The van der Waals surface area contributed by atoms with Gasteiger partial charge in [0.15, 0.2) is 0 Å². The van der Waals surface area contributed by atoms with Gasteiger partial charge >= 0.3 is 0 Å². The van der Waals surface area contributed by atoms with Gasteiger partial charge < -0.3 is 4.74 Å². The van der Waals surface area contributed by atoms with Gasteiger partial charge in [-0.3, -0.25) is 0 Å². The van der Waals surface area contributed by atoms with Gasteiger partial charge in [0.2, 0.25) is 0 Å². The third-order valence-electron chi connectivity index (χ3n) is 0.944. The van der Waals surface area contributed by atoms with E-state index >= 15 is 0 Å². The maximum atomic E-state index is 5.33. The number of hydrogen-bond acceptors (Lipinski definition) is 2. The van der Waals surface area contributed by atoms with E-state index in [9.17, 15) is 0 Å². The van der Waals surface area contributed by atoms with Crippen molar-refractivity contribution in [2.75, 3.05) is 18.6 Å². The summed E-state index contributed by atoms with van der Waals surface area (Å²) < 4.78 is 5.33. The Morgan fingerprint density at radius 2 is 2.11 bits per heavy atom. The van der Waals surface area contributed by atoms with Gasteiger partial charge in [0, 0.05) is 6.61 Å². The largest absolute Gasteiger partial charge is 0.379 e. The van der Waals surface area contributed by atoms with Crippen LogP contribution in [-0.4, -0.2) is 24.7 Å². The minimum atomic E-state index is 0.395. The van der Waals surface area contributed by atoms with E-state index in [1.165, 1.54) is 12.2 Å². The van der Waals surface area contributed by atoms with E-state index < -0.39 is 0 Å². The average Bonchev–Trinajstić information content (AvgIpc) is 1.80. The topological polar surface area (TPSA) is 9.23 Å². The van der Waals surface area contributed by atoms with Crippen LogP contribution in [-0.2, 0) is 4.74 Å². The normalized spacial score (nSPS) is 10.7. The monoisotopic (exact) mass is 148 g/mol. The van der Waals surface area contributed by atoms with Crippen molar-refractivity contribution in [3.63, 3.8) is 0 Å². The highest BCUT2D eigenvalue weighted by molar-refractivity contribution is 7.98. The lowest BCUT2D eigenvalue weighted by molar-refractivity contribution is 0.0800. The molecule has 0 spiro atoms. The van der Waals surface area contributed by atoms with Crippen LogP contribution in [0, 0.1) is 0 Å². The molecule has 1 nitrogen and oxygen atoms in total. The molecule has 0 heterocycles. The Balaban J connectivity index is 2.75. The van der Waals surface area contributed by atoms with E-state index in [-0.39, 0.29) is 0 Å². The average molecular weight is 148 g/mol. The summed E-state index contributed by atoms with van der Waals surface area (Å²) in [6.45, 7) is 5.05. The highest BCUT2D eigenvalue weighted by atomic mass is 32.2. The molecule has 9 heavy (non-hydrogen) atoms. The van der Waals surface area contributed by atoms with E-state index in [1.54, 1.807) is 0 Å². The van der Waals surface area contributed by atoms with Gasteiger partial charge in [-0.1, -0.05) is 0 Å². The summed E-state index contributed by atoms with van der Waals surface area (Å²) in [5.41, 5.74) is 0. The van der Waals surface area contributed by atoms with Gasteiger partial charge in [0.05, 0.1) is 6.10 Å². The van der Waals surface area contributed by atoms with Crippen LogP contribution in [0.1, 0.15) is 20.3 Å². The molecule has 0 aliphatic rings. The first-order valence-corrected chi connectivity index (χ1v) is 4.77. The van der Waals surface area contributed by atoms with E-state index in [1.807, 2.05) is 11.8 Å². The summed E-state index contributed by atoms with van der Waals surface area (Å²) >= 11 is 1.87. The first-order chi connectivity index (χ1) is 4.27. The lowest BCUT2D eigenvalue weighted by Crippen LogP contribution is -2.04. The smallest absolute Gasteiger partial charge is 0.0518 e. The van der Waals surface area contributed by atoms with E-state index in [4.69, 9.17) is 4.74 Å². The Hall–Kier alpha value is 0.310. The second kappa shape index (κ2) is 6.43. The molecule has 0 aromatic rings. The summed E-state index contributed by atoms with van der Waals surface area (Å²) in [6.07, 6.45) is 3.70. The maximum absolute atomic E-state index is 5.33. The lowest BCUT2D eigenvalue weighted by Gasteiger charge is -2.05. The van der Waals surface area contributed by atoms with Crippen LogP contribution in [0.5, 0.6) is 0 Å². The Labute approximate surface area is 62.2 Å². The van der Waals surface area contributed by atoms with Gasteiger partial charge in [-0.2, -0.15) is 11.8 Å². The molecule has 0 saturated heterocycles. The fraction of sp³-hybridized carbons (Fsp3) is 1.00. The zero-order chi connectivity index (χ0) is 7.11. The van der Waals surface area contributed by atoms with Gasteiger partial charge in [0.25, 0.3) is 0 Å². The van der Waals surface area contributed by atoms with Crippen molar-refractivity contribution in [2.45, 2.75) is 26.4 Å². The molecule has 0 N–H and O–H groups in total. The number of rotatable bonds is 5. The molecule has 0 aliphatic carbocycles. The Kier molecular flexibility index (Phi) is 6.65. The van der Waals surface area contributed by atoms with Crippen molar-refractivity contribution in [3.05, 3.63) is 0 Å². The number of hydrogen-bond donors (Lipinski definition) is 0. The molecular formula is C7H16OS. The molecule has 56 valence electrons. The van der Waals surface area contributed by atoms with Gasteiger partial charge in [0.1, 0.15) is 0 Å². The minimum absolute atomic E-state index is 0.395. The Bertz CT molecular complexity index is 54.9. The number of ether oxygens (including phenoxy) is 1. The molecule has 0 bridgehead atoms. The first kappa shape index (κ1) is 9.31. The molecule has 0 atom stereocenters.